The number of carbonyl (C=O) groups excluding carboxylic acids is 2. The maximum absolute atomic E-state index is 12.6. The minimum absolute atomic E-state index is 0.0451. The molecule has 0 saturated heterocycles. The Balaban J connectivity index is 1.99. The zero-order chi connectivity index (χ0) is 18.9. The van der Waals surface area contributed by atoms with E-state index in [0.29, 0.717) is 12.0 Å². The summed E-state index contributed by atoms with van der Waals surface area (Å²) in [6.45, 7) is 2.12. The molecule has 0 spiro atoms. The summed E-state index contributed by atoms with van der Waals surface area (Å²) < 4.78 is 27.6. The van der Waals surface area contributed by atoms with Gasteiger partial charge in [-0.1, -0.05) is 13.0 Å². The van der Waals surface area contributed by atoms with E-state index in [1.165, 1.54) is 42.5 Å². The van der Waals surface area contributed by atoms with Crippen LogP contribution in [0.15, 0.2) is 47.4 Å². The lowest BCUT2D eigenvalue weighted by molar-refractivity contribution is 0.0654. The van der Waals surface area contributed by atoms with Gasteiger partial charge >= 0.3 is 0 Å². The summed E-state index contributed by atoms with van der Waals surface area (Å²) in [7, 11) is -3.97. The molecule has 1 aliphatic rings. The number of nitrogens with zero attached hydrogens (tertiary/aromatic N) is 2. The smallest absolute Gasteiger partial charge is 0.263 e. The third kappa shape index (κ3) is 2.93. The van der Waals surface area contributed by atoms with Crippen molar-refractivity contribution in [2.75, 3.05) is 11.3 Å². The van der Waals surface area contributed by atoms with Gasteiger partial charge in [-0.25, -0.2) is 8.42 Å². The molecule has 0 fully saturated rings. The topological polar surface area (TPSA) is 107 Å². The largest absolute Gasteiger partial charge is 0.279 e. The third-order valence-electron chi connectivity index (χ3n) is 3.98. The molecule has 1 N–H and O–H groups in total. The Morgan fingerprint density at radius 1 is 1.08 bits per heavy atom. The Labute approximate surface area is 150 Å². The number of imide groups is 1. The van der Waals surface area contributed by atoms with Crippen LogP contribution in [-0.2, 0) is 10.0 Å². The van der Waals surface area contributed by atoms with Crippen LogP contribution in [0.2, 0.25) is 0 Å². The van der Waals surface area contributed by atoms with E-state index in [1.807, 2.05) is 13.0 Å². The Hall–Kier alpha value is -3.18. The van der Waals surface area contributed by atoms with E-state index >= 15 is 0 Å². The number of anilines is 1. The summed E-state index contributed by atoms with van der Waals surface area (Å²) in [6.07, 6.45) is 0.609. The van der Waals surface area contributed by atoms with Gasteiger partial charge in [0.25, 0.3) is 21.8 Å². The molecule has 0 bridgehead atoms. The van der Waals surface area contributed by atoms with Crippen molar-refractivity contribution in [3.63, 3.8) is 0 Å². The van der Waals surface area contributed by atoms with Gasteiger partial charge in [0.1, 0.15) is 0 Å². The number of nitrogens with one attached hydrogen (secondary N) is 1. The number of carbonyl (C=O) groups is 2. The van der Waals surface area contributed by atoms with E-state index in [9.17, 15) is 18.0 Å². The second kappa shape index (κ2) is 6.61. The second-order valence-corrected chi connectivity index (χ2v) is 7.41. The Kier molecular flexibility index (Phi) is 4.49. The number of sulfonamides is 1. The number of benzene rings is 2. The molecule has 3 rings (SSSR count). The van der Waals surface area contributed by atoms with Gasteiger partial charge in [0.15, 0.2) is 0 Å². The van der Waals surface area contributed by atoms with Gasteiger partial charge in [0.05, 0.1) is 33.3 Å². The average Bonchev–Trinajstić information content (AvgIpc) is 2.88. The van der Waals surface area contributed by atoms with Crippen molar-refractivity contribution >= 4 is 27.5 Å². The molecule has 1 aliphatic heterocycles. The van der Waals surface area contributed by atoms with Crippen molar-refractivity contribution in [3.8, 4) is 6.07 Å². The quantitative estimate of drug-likeness (QED) is 0.814. The van der Waals surface area contributed by atoms with Crippen molar-refractivity contribution in [1.29, 1.82) is 5.26 Å². The number of rotatable bonds is 5. The SMILES string of the molecule is CCCN1C(=O)c2cccc(NS(=O)(=O)c3ccc(C#N)cc3)c2C1=O. The molecular weight excluding hydrogens is 354 g/mol. The van der Waals surface area contributed by atoms with Crippen LogP contribution in [0.4, 0.5) is 5.69 Å². The first kappa shape index (κ1) is 17.6. The van der Waals surface area contributed by atoms with E-state index in [-0.39, 0.29) is 28.3 Å². The Morgan fingerprint density at radius 3 is 2.38 bits per heavy atom. The van der Waals surface area contributed by atoms with Crippen LogP contribution in [0.1, 0.15) is 39.6 Å². The van der Waals surface area contributed by atoms with E-state index < -0.39 is 21.8 Å². The molecule has 2 amide bonds. The molecule has 0 radical (unpaired) electrons. The van der Waals surface area contributed by atoms with Crippen molar-refractivity contribution < 1.29 is 18.0 Å². The third-order valence-corrected chi connectivity index (χ3v) is 5.37. The number of nitriles is 1. The molecule has 26 heavy (non-hydrogen) atoms. The van der Waals surface area contributed by atoms with Gasteiger partial charge in [-0.15, -0.1) is 0 Å². The fourth-order valence-corrected chi connectivity index (χ4v) is 3.83. The van der Waals surface area contributed by atoms with Gasteiger partial charge in [0, 0.05) is 6.54 Å². The summed E-state index contributed by atoms with van der Waals surface area (Å²) >= 11 is 0. The molecule has 0 aromatic heterocycles. The molecule has 2 aromatic carbocycles. The highest BCUT2D eigenvalue weighted by Crippen LogP contribution is 2.31. The molecule has 8 heteroatoms. The Bertz CT molecular complexity index is 1040. The van der Waals surface area contributed by atoms with Gasteiger partial charge in [-0.05, 0) is 42.8 Å². The normalized spacial score (nSPS) is 13.5. The van der Waals surface area contributed by atoms with E-state index in [2.05, 4.69) is 4.72 Å². The summed E-state index contributed by atoms with van der Waals surface area (Å²) in [5, 5.41) is 8.81. The first-order chi connectivity index (χ1) is 12.4. The molecular formula is C18H15N3O4S. The van der Waals surface area contributed by atoms with Gasteiger partial charge in [0.2, 0.25) is 0 Å². The minimum Gasteiger partial charge on any atom is -0.279 e. The van der Waals surface area contributed by atoms with Crippen LogP contribution in [0, 0.1) is 11.3 Å². The van der Waals surface area contributed by atoms with Gasteiger partial charge < -0.3 is 0 Å². The Morgan fingerprint density at radius 2 is 1.77 bits per heavy atom. The zero-order valence-electron chi connectivity index (χ0n) is 13.9. The second-order valence-electron chi connectivity index (χ2n) is 5.73. The van der Waals surface area contributed by atoms with Crippen LogP contribution >= 0.6 is 0 Å². The number of amides is 2. The summed E-state index contributed by atoms with van der Waals surface area (Å²) in [5.41, 5.74) is 0.635. The number of hydrogen-bond acceptors (Lipinski definition) is 5. The molecule has 2 aromatic rings. The standard InChI is InChI=1S/C18H15N3O4S/c1-2-10-21-17(22)14-4-3-5-15(16(14)18(21)23)20-26(24,25)13-8-6-12(11-19)7-9-13/h3-9,20H,2,10H2,1H3. The highest BCUT2D eigenvalue weighted by Gasteiger charge is 2.37. The fraction of sp³-hybridized carbons (Fsp3) is 0.167. The average molecular weight is 369 g/mol. The predicted molar refractivity (Wildman–Crippen MR) is 94.1 cm³/mol. The number of fused-ring (bicyclic) bond motifs is 1. The molecule has 0 unspecified atom stereocenters. The van der Waals surface area contributed by atoms with E-state index in [1.54, 1.807) is 0 Å². The summed E-state index contributed by atoms with van der Waals surface area (Å²) in [6, 6.07) is 11.8. The lowest BCUT2D eigenvalue weighted by atomic mass is 10.1. The van der Waals surface area contributed by atoms with Crippen LogP contribution in [-0.4, -0.2) is 31.7 Å². The fourth-order valence-electron chi connectivity index (χ4n) is 2.76. The lowest BCUT2D eigenvalue weighted by Gasteiger charge is -2.13. The number of hydrogen-bond donors (Lipinski definition) is 1. The van der Waals surface area contributed by atoms with Crippen molar-refractivity contribution in [2.45, 2.75) is 18.2 Å². The van der Waals surface area contributed by atoms with Crippen molar-refractivity contribution in [3.05, 3.63) is 59.2 Å². The summed E-state index contributed by atoms with van der Waals surface area (Å²) in [4.78, 5) is 26.0. The first-order valence-corrected chi connectivity index (χ1v) is 9.39. The maximum atomic E-state index is 12.6. The molecule has 1 heterocycles. The highest BCUT2D eigenvalue weighted by atomic mass is 32.2. The molecule has 0 atom stereocenters. The van der Waals surface area contributed by atoms with E-state index in [4.69, 9.17) is 5.26 Å². The lowest BCUT2D eigenvalue weighted by Crippen LogP contribution is -2.30. The molecule has 0 aliphatic carbocycles. The van der Waals surface area contributed by atoms with E-state index in [0.717, 1.165) is 4.90 Å². The zero-order valence-corrected chi connectivity index (χ0v) is 14.7. The van der Waals surface area contributed by atoms with Crippen LogP contribution in [0.3, 0.4) is 0 Å². The summed E-state index contributed by atoms with van der Waals surface area (Å²) in [5.74, 6) is -0.934. The predicted octanol–water partition coefficient (Wildman–Crippen LogP) is 2.37. The van der Waals surface area contributed by atoms with Crippen LogP contribution in [0.25, 0.3) is 0 Å². The highest BCUT2D eigenvalue weighted by molar-refractivity contribution is 7.92. The first-order valence-electron chi connectivity index (χ1n) is 7.91. The van der Waals surface area contributed by atoms with Gasteiger partial charge in [-0.3, -0.25) is 19.2 Å². The van der Waals surface area contributed by atoms with Gasteiger partial charge in [-0.2, -0.15) is 5.26 Å². The molecule has 0 saturated carbocycles. The van der Waals surface area contributed by atoms with Crippen LogP contribution < -0.4 is 4.72 Å². The monoisotopic (exact) mass is 369 g/mol. The maximum Gasteiger partial charge on any atom is 0.263 e. The van der Waals surface area contributed by atoms with Crippen molar-refractivity contribution in [1.82, 2.24) is 4.90 Å². The minimum atomic E-state index is -3.97. The van der Waals surface area contributed by atoms with Crippen molar-refractivity contribution in [2.24, 2.45) is 0 Å². The van der Waals surface area contributed by atoms with Crippen LogP contribution in [0.5, 0.6) is 0 Å². The molecule has 132 valence electrons. The molecule has 7 nitrogen and oxygen atoms in total.